The van der Waals surface area contributed by atoms with Gasteiger partial charge in [-0.15, -0.1) is 0 Å². The Morgan fingerprint density at radius 3 is 1.47 bits per heavy atom. The van der Waals surface area contributed by atoms with Gasteiger partial charge < -0.3 is 19.9 Å². The molecule has 2 aliphatic heterocycles. The maximum absolute atomic E-state index is 13.3. The fourth-order valence-corrected chi connectivity index (χ4v) is 2.38. The lowest BCUT2D eigenvalue weighted by Crippen LogP contribution is -2.60. The number of hydrogen-bond acceptors (Lipinski definition) is 8. The highest BCUT2D eigenvalue weighted by atomic mass is 16.6. The van der Waals surface area contributed by atoms with Crippen LogP contribution in [0.1, 0.15) is 132 Å². The van der Waals surface area contributed by atoms with Crippen molar-refractivity contribution in [1.82, 2.24) is 10.1 Å². The number of piperidine rings is 2. The van der Waals surface area contributed by atoms with Crippen LogP contribution in [0.4, 0.5) is 0 Å². The summed E-state index contributed by atoms with van der Waals surface area (Å²) < 4.78 is 239. The SMILES string of the molecule is [2H]C([2H])([2H])C1(C)N(O)C(C)(C([2H])([2H])[2H])C([2H])([2H])C([2H])(OC(=O)CCC(=O)OC2([2H])C([2H])([2H])C(C([2H])([2H])[2H])(C([2H])([2H])[2H])N(O)C(C([2H])([2H])[2H])(C([2H])([2H])[2H])C2([2H])[2H])C1([2H])[2H]. The average molecular weight is 457 g/mol. The van der Waals surface area contributed by atoms with E-state index in [0.29, 0.717) is 13.8 Å². The maximum Gasteiger partial charge on any atom is 0.306 e. The van der Waals surface area contributed by atoms with Crippen molar-refractivity contribution in [1.29, 1.82) is 0 Å². The molecule has 2 aliphatic rings. The highest BCUT2D eigenvalue weighted by Crippen LogP contribution is 2.39. The Morgan fingerprint density at radius 2 is 1.13 bits per heavy atom. The Hall–Kier alpha value is -1.22. The molecule has 8 heteroatoms. The van der Waals surface area contributed by atoms with Crippen LogP contribution in [0.15, 0.2) is 0 Å². The lowest BCUT2D eigenvalue weighted by atomic mass is 9.80. The summed E-state index contributed by atoms with van der Waals surface area (Å²) >= 11 is 0. The van der Waals surface area contributed by atoms with E-state index in [0.717, 1.165) is 0 Å². The van der Waals surface area contributed by atoms with Crippen molar-refractivity contribution in [3.8, 4) is 0 Å². The third-order valence-corrected chi connectivity index (χ3v) is 3.75. The third-order valence-electron chi connectivity index (χ3n) is 3.75. The van der Waals surface area contributed by atoms with Crippen molar-refractivity contribution in [2.24, 2.45) is 0 Å². The van der Waals surface area contributed by atoms with Crippen molar-refractivity contribution in [2.75, 3.05) is 0 Å². The molecule has 2 fully saturated rings. The highest BCUT2D eigenvalue weighted by molar-refractivity contribution is 5.77. The lowest BCUT2D eigenvalue weighted by Gasteiger charge is -2.51. The zero-order valence-corrected chi connectivity index (χ0v) is 15.8. The molecule has 8 nitrogen and oxygen atoms in total. The molecule has 0 saturated carbocycles. The Kier molecular flexibility index (Phi) is 1.86. The van der Waals surface area contributed by atoms with Gasteiger partial charge in [0.1, 0.15) is 12.2 Å². The topological polar surface area (TPSA) is 99.5 Å². The molecule has 2 rings (SSSR count). The molecule has 0 amide bonds. The second-order valence-corrected chi connectivity index (χ2v) is 6.80. The normalized spacial score (nSPS) is 61.6. The molecule has 2 atom stereocenters. The monoisotopic (exact) mass is 456 g/mol. The smallest absolute Gasteiger partial charge is 0.306 e. The molecule has 2 unspecified atom stereocenters. The number of esters is 2. The van der Waals surface area contributed by atoms with E-state index in [9.17, 15) is 20.0 Å². The molecule has 0 radical (unpaired) electrons. The van der Waals surface area contributed by atoms with Crippen molar-refractivity contribution in [2.45, 2.75) is 128 Å². The van der Waals surface area contributed by atoms with E-state index in [1.165, 1.54) is 0 Å². The van der Waals surface area contributed by atoms with Gasteiger partial charge in [0.15, 0.2) is 0 Å². The minimum absolute atomic E-state index is 0.359. The third kappa shape index (κ3) is 5.72. The van der Waals surface area contributed by atoms with Gasteiger partial charge in [-0.05, 0) is 55.0 Å². The van der Waals surface area contributed by atoms with Gasteiger partial charge in [0.2, 0.25) is 0 Å². The standard InChI is InChI=1S/C22H40N2O6/c1-19(2)11-15(12-20(3,4)23(19)27)29-17(25)9-10-18(26)30-16-13-21(5,6)24(28)22(7,8)14-16/h15-16,27-28H,9-14H2,1-8H3/i1D3,2D3,3D3,4D3,5D3,7D3,11D2,12D2,13D2,14D2,15D,16D. The summed E-state index contributed by atoms with van der Waals surface area (Å²) in [4.78, 5) is 26.6. The van der Waals surface area contributed by atoms with E-state index >= 15 is 0 Å². The van der Waals surface area contributed by atoms with Crippen molar-refractivity contribution >= 4 is 11.9 Å². The first-order chi connectivity index (χ1) is 24.8. The molecule has 0 aromatic carbocycles. The molecule has 0 bridgehead atoms. The van der Waals surface area contributed by atoms with E-state index in [4.69, 9.17) is 43.1 Å². The van der Waals surface area contributed by atoms with Crippen LogP contribution in [0.25, 0.3) is 0 Å². The van der Waals surface area contributed by atoms with Gasteiger partial charge in [0.05, 0.1) is 15.6 Å². The van der Waals surface area contributed by atoms with E-state index in [1.807, 2.05) is 0 Å². The van der Waals surface area contributed by atoms with Crippen LogP contribution in [0.5, 0.6) is 0 Å². The minimum atomic E-state index is -4.96. The second-order valence-electron chi connectivity index (χ2n) is 6.80. The van der Waals surface area contributed by atoms with Crippen LogP contribution in [-0.2, 0) is 19.1 Å². The summed E-state index contributed by atoms with van der Waals surface area (Å²) in [5.41, 5.74) is -17.1. The van der Waals surface area contributed by atoms with Gasteiger partial charge in [-0.2, -0.15) is 10.1 Å². The van der Waals surface area contributed by atoms with Crippen LogP contribution >= 0.6 is 0 Å². The van der Waals surface area contributed by atoms with Crippen molar-refractivity contribution < 1.29 is 67.9 Å². The van der Waals surface area contributed by atoms with E-state index in [2.05, 4.69) is 4.74 Å². The number of rotatable bonds is 5. The number of ether oxygens (including phenoxy) is 2. The summed E-state index contributed by atoms with van der Waals surface area (Å²) in [6, 6.07) is 0. The summed E-state index contributed by atoms with van der Waals surface area (Å²) in [6.07, 6.45) is -30.8. The Bertz CT molecular complexity index is 1500. The molecule has 30 heavy (non-hydrogen) atoms. The zero-order valence-electron chi connectivity index (χ0n) is 43.8. The average Bonchev–Trinajstić information content (AvgIpc) is 2.92. The molecular weight excluding hydrogens is 388 g/mol. The van der Waals surface area contributed by atoms with Gasteiger partial charge >= 0.3 is 11.9 Å². The molecule has 174 valence electrons. The van der Waals surface area contributed by atoms with Crippen molar-refractivity contribution in [3.05, 3.63) is 0 Å². The Balaban J connectivity index is 2.85. The fourth-order valence-electron chi connectivity index (χ4n) is 2.38. The Morgan fingerprint density at radius 1 is 0.833 bits per heavy atom. The highest BCUT2D eigenvalue weighted by Gasteiger charge is 2.47. The number of carbonyl (C=O) groups is 2. The van der Waals surface area contributed by atoms with Gasteiger partial charge in [0, 0.05) is 83.3 Å². The lowest BCUT2D eigenvalue weighted by molar-refractivity contribution is -0.260. The molecule has 2 heterocycles. The summed E-state index contributed by atoms with van der Waals surface area (Å²) in [5.74, 6) is -4.43. The summed E-state index contributed by atoms with van der Waals surface area (Å²) in [6.45, 7) is -25.6. The molecule has 2 N–H and O–H groups in total. The van der Waals surface area contributed by atoms with Crippen LogP contribution in [0, 0.1) is 0 Å². The van der Waals surface area contributed by atoms with E-state index in [1.54, 1.807) is 0 Å². The molecule has 0 aromatic rings. The molecule has 0 spiro atoms. The van der Waals surface area contributed by atoms with Crippen LogP contribution < -0.4 is 0 Å². The summed E-state index contributed by atoms with van der Waals surface area (Å²) in [7, 11) is 0. The van der Waals surface area contributed by atoms with Gasteiger partial charge in [0.25, 0.3) is 0 Å². The molecule has 0 aliphatic carbocycles. The maximum atomic E-state index is 13.3. The first-order valence-corrected chi connectivity index (χ1v) is 8.23. The van der Waals surface area contributed by atoms with Gasteiger partial charge in [-0.3, -0.25) is 9.59 Å². The van der Waals surface area contributed by atoms with E-state index in [-0.39, 0.29) is 0 Å². The second kappa shape index (κ2) is 8.37. The van der Waals surface area contributed by atoms with Crippen LogP contribution in [0.2, 0.25) is 0 Å². The van der Waals surface area contributed by atoms with E-state index < -0.39 is 136 Å². The number of nitrogens with zero attached hydrogens (tertiary/aromatic N) is 2. The first-order valence-electron chi connectivity index (χ1n) is 22.2. The van der Waals surface area contributed by atoms with Gasteiger partial charge in [-0.1, -0.05) is 0 Å². The number of hydrogen-bond donors (Lipinski definition) is 2. The van der Waals surface area contributed by atoms with Gasteiger partial charge in [-0.25, -0.2) is 0 Å². The molecular formula is C22H40N2O6. The number of hydroxylamine groups is 4. The first kappa shape index (κ1) is 6.65. The fraction of sp³-hybridized carbons (Fsp3) is 0.909. The Labute approximate surface area is 219 Å². The molecule has 2 saturated heterocycles. The quantitative estimate of drug-likeness (QED) is 0.605. The van der Waals surface area contributed by atoms with Crippen molar-refractivity contribution in [3.63, 3.8) is 0 Å². The summed E-state index contributed by atoms with van der Waals surface area (Å²) in [5, 5.41) is 20.1. The predicted molar refractivity (Wildman–Crippen MR) is 111 cm³/mol. The predicted octanol–water partition coefficient (Wildman–Crippen LogP) is 3.67. The zero-order chi connectivity index (χ0) is 47.1. The molecule has 0 aromatic heterocycles. The van der Waals surface area contributed by atoms with Crippen LogP contribution in [0.3, 0.4) is 0 Å². The largest absolute Gasteiger partial charge is 0.462 e. The van der Waals surface area contributed by atoms with Crippen LogP contribution in [-0.4, -0.2) is 66.8 Å². The number of carbonyl (C=O) groups excluding carboxylic acids is 2. The minimum Gasteiger partial charge on any atom is -0.462 e.